The molecule has 5 heteroatoms. The van der Waals surface area contributed by atoms with Crippen LogP contribution in [0.3, 0.4) is 0 Å². The summed E-state index contributed by atoms with van der Waals surface area (Å²) < 4.78 is 0. The molecule has 0 atom stereocenters. The maximum absolute atomic E-state index is 9.26. The van der Waals surface area contributed by atoms with Crippen LogP contribution in [0, 0.1) is 11.3 Å². The number of rotatable bonds is 5. The summed E-state index contributed by atoms with van der Waals surface area (Å²) >= 11 is 6.45. The van der Waals surface area contributed by atoms with Crippen molar-refractivity contribution in [2.24, 2.45) is 0 Å². The minimum absolute atomic E-state index is 0.540. The summed E-state index contributed by atoms with van der Waals surface area (Å²) in [5, 5.41) is 9.86. The number of benzene rings is 5. The molecule has 6 aromatic rings. The van der Waals surface area contributed by atoms with Gasteiger partial charge in [-0.25, -0.2) is 15.0 Å². The Hall–Kier alpha value is -5.11. The van der Waals surface area contributed by atoms with E-state index in [4.69, 9.17) is 26.6 Å². The third kappa shape index (κ3) is 5.04. The fraction of sp³-hybridized carbons (Fsp3) is 0. The second-order valence-electron chi connectivity index (χ2n) is 8.96. The highest BCUT2D eigenvalue weighted by Crippen LogP contribution is 2.36. The van der Waals surface area contributed by atoms with Crippen molar-refractivity contribution in [3.05, 3.63) is 138 Å². The Balaban J connectivity index is 1.59. The zero-order chi connectivity index (χ0) is 26.6. The highest BCUT2D eigenvalue weighted by Gasteiger charge is 2.18. The normalized spacial score (nSPS) is 10.7. The lowest BCUT2D eigenvalue weighted by atomic mass is 9.97. The first-order chi connectivity index (χ1) is 19.2. The zero-order valence-corrected chi connectivity index (χ0v) is 21.5. The van der Waals surface area contributed by atoms with Crippen LogP contribution in [0.25, 0.3) is 56.4 Å². The lowest BCUT2D eigenvalue weighted by Crippen LogP contribution is -2.02. The molecular weight excluding hydrogens is 500 g/mol. The number of aromatic nitrogens is 3. The molecule has 1 aromatic heterocycles. The van der Waals surface area contributed by atoms with Crippen molar-refractivity contribution < 1.29 is 0 Å². The number of halogens is 1. The van der Waals surface area contributed by atoms with Crippen LogP contribution >= 0.6 is 11.6 Å². The molecule has 0 fully saturated rings. The minimum Gasteiger partial charge on any atom is -0.208 e. The number of nitrogens with zero attached hydrogens (tertiary/aromatic N) is 4. The first kappa shape index (κ1) is 24.2. The average molecular weight is 521 g/mol. The van der Waals surface area contributed by atoms with E-state index in [2.05, 4.69) is 24.3 Å². The quantitative estimate of drug-likeness (QED) is 0.228. The molecule has 184 valence electrons. The molecule has 0 unspecified atom stereocenters. The molecule has 0 saturated carbocycles. The van der Waals surface area contributed by atoms with Gasteiger partial charge in [-0.2, -0.15) is 5.26 Å². The molecule has 0 saturated heterocycles. The van der Waals surface area contributed by atoms with Crippen LogP contribution in [-0.2, 0) is 0 Å². The van der Waals surface area contributed by atoms with E-state index in [0.717, 1.165) is 38.9 Å². The minimum atomic E-state index is 0.540. The van der Waals surface area contributed by atoms with Crippen LogP contribution in [0.2, 0.25) is 5.02 Å². The van der Waals surface area contributed by atoms with Gasteiger partial charge >= 0.3 is 0 Å². The van der Waals surface area contributed by atoms with Crippen LogP contribution < -0.4 is 0 Å². The summed E-state index contributed by atoms with van der Waals surface area (Å²) in [4.78, 5) is 14.9. The van der Waals surface area contributed by atoms with Gasteiger partial charge in [0.1, 0.15) is 0 Å². The van der Waals surface area contributed by atoms with Gasteiger partial charge in [-0.3, -0.25) is 0 Å². The third-order valence-corrected chi connectivity index (χ3v) is 6.70. The van der Waals surface area contributed by atoms with E-state index in [1.54, 1.807) is 12.1 Å². The number of nitriles is 1. The standard InChI is InChI=1S/C34H21ClN4/c35-27-19-20-30(31(21-27)25-17-15-23(22-36)16-18-25)34-38-32(26-11-5-2-6-12-26)37-33(39-34)29-14-8-7-13-28(29)24-9-3-1-4-10-24/h1-21H. The molecule has 0 aliphatic heterocycles. The molecule has 5 aromatic carbocycles. The van der Waals surface area contributed by atoms with E-state index in [1.165, 1.54) is 0 Å². The van der Waals surface area contributed by atoms with Crippen molar-refractivity contribution in [1.29, 1.82) is 5.26 Å². The molecule has 0 N–H and O–H groups in total. The number of hydrogen-bond donors (Lipinski definition) is 0. The summed E-state index contributed by atoms with van der Waals surface area (Å²) in [6.45, 7) is 0. The van der Waals surface area contributed by atoms with E-state index in [1.807, 2.05) is 97.1 Å². The molecule has 0 radical (unpaired) electrons. The Bertz CT molecular complexity index is 1810. The predicted octanol–water partition coefficient (Wildman–Crippen LogP) is 8.73. The Morgan fingerprint density at radius 1 is 0.462 bits per heavy atom. The topological polar surface area (TPSA) is 62.5 Å². The van der Waals surface area contributed by atoms with E-state index < -0.39 is 0 Å². The average Bonchev–Trinajstić information content (AvgIpc) is 3.01. The van der Waals surface area contributed by atoms with Gasteiger partial charge in [0.2, 0.25) is 0 Å². The SMILES string of the molecule is N#Cc1ccc(-c2cc(Cl)ccc2-c2nc(-c3ccccc3)nc(-c3ccccc3-c3ccccc3)n2)cc1. The van der Waals surface area contributed by atoms with Crippen molar-refractivity contribution >= 4 is 11.6 Å². The molecular formula is C34H21ClN4. The van der Waals surface area contributed by atoms with Crippen molar-refractivity contribution in [2.45, 2.75) is 0 Å². The molecule has 0 aliphatic rings. The van der Waals surface area contributed by atoms with Gasteiger partial charge in [-0.1, -0.05) is 109 Å². The lowest BCUT2D eigenvalue weighted by Gasteiger charge is -2.14. The second kappa shape index (κ2) is 10.7. The van der Waals surface area contributed by atoms with Gasteiger partial charge < -0.3 is 0 Å². The van der Waals surface area contributed by atoms with Gasteiger partial charge in [0.25, 0.3) is 0 Å². The Labute approximate surface area is 231 Å². The van der Waals surface area contributed by atoms with Crippen molar-refractivity contribution in [3.8, 4) is 62.5 Å². The zero-order valence-electron chi connectivity index (χ0n) is 20.8. The number of hydrogen-bond acceptors (Lipinski definition) is 4. The van der Waals surface area contributed by atoms with Crippen molar-refractivity contribution in [3.63, 3.8) is 0 Å². The van der Waals surface area contributed by atoms with Crippen LogP contribution in [0.15, 0.2) is 127 Å². The Kier molecular flexibility index (Phi) is 6.66. The molecule has 0 bridgehead atoms. The van der Waals surface area contributed by atoms with Gasteiger partial charge in [0, 0.05) is 21.7 Å². The fourth-order valence-electron chi connectivity index (χ4n) is 4.56. The first-order valence-electron chi connectivity index (χ1n) is 12.5. The van der Waals surface area contributed by atoms with Gasteiger partial charge in [-0.05, 0) is 52.6 Å². The third-order valence-electron chi connectivity index (χ3n) is 6.47. The summed E-state index contributed by atoms with van der Waals surface area (Å²) in [6, 6.07) is 43.6. The molecule has 1 heterocycles. The molecule has 0 amide bonds. The van der Waals surface area contributed by atoms with E-state index in [9.17, 15) is 5.26 Å². The monoisotopic (exact) mass is 520 g/mol. The van der Waals surface area contributed by atoms with Gasteiger partial charge in [0.05, 0.1) is 11.6 Å². The maximum atomic E-state index is 9.26. The summed E-state index contributed by atoms with van der Waals surface area (Å²) in [6.07, 6.45) is 0. The first-order valence-corrected chi connectivity index (χ1v) is 12.8. The highest BCUT2D eigenvalue weighted by molar-refractivity contribution is 6.31. The van der Waals surface area contributed by atoms with Crippen molar-refractivity contribution in [2.75, 3.05) is 0 Å². The van der Waals surface area contributed by atoms with E-state index in [0.29, 0.717) is 28.1 Å². The molecule has 39 heavy (non-hydrogen) atoms. The van der Waals surface area contributed by atoms with Crippen LogP contribution in [0.5, 0.6) is 0 Å². The maximum Gasteiger partial charge on any atom is 0.164 e. The van der Waals surface area contributed by atoms with E-state index in [-0.39, 0.29) is 0 Å². The summed E-state index contributed by atoms with van der Waals surface area (Å²) in [7, 11) is 0. The highest BCUT2D eigenvalue weighted by atomic mass is 35.5. The second-order valence-corrected chi connectivity index (χ2v) is 9.40. The smallest absolute Gasteiger partial charge is 0.164 e. The lowest BCUT2D eigenvalue weighted by molar-refractivity contribution is 1.07. The summed E-state index contributed by atoms with van der Waals surface area (Å²) in [5.74, 6) is 1.70. The van der Waals surface area contributed by atoms with Crippen LogP contribution in [0.1, 0.15) is 5.56 Å². The van der Waals surface area contributed by atoms with Crippen LogP contribution in [0.4, 0.5) is 0 Å². The van der Waals surface area contributed by atoms with Gasteiger partial charge in [0.15, 0.2) is 17.5 Å². The fourth-order valence-corrected chi connectivity index (χ4v) is 4.73. The molecule has 4 nitrogen and oxygen atoms in total. The molecule has 6 rings (SSSR count). The summed E-state index contributed by atoms with van der Waals surface area (Å²) in [5.41, 5.74) is 7.14. The van der Waals surface area contributed by atoms with E-state index >= 15 is 0 Å². The predicted molar refractivity (Wildman–Crippen MR) is 157 cm³/mol. The van der Waals surface area contributed by atoms with Crippen molar-refractivity contribution in [1.82, 2.24) is 15.0 Å². The molecule has 0 spiro atoms. The Morgan fingerprint density at radius 3 is 1.62 bits per heavy atom. The Morgan fingerprint density at radius 2 is 0.974 bits per heavy atom. The molecule has 0 aliphatic carbocycles. The van der Waals surface area contributed by atoms with Crippen LogP contribution in [-0.4, -0.2) is 15.0 Å². The van der Waals surface area contributed by atoms with Gasteiger partial charge in [-0.15, -0.1) is 0 Å². The largest absolute Gasteiger partial charge is 0.208 e.